The maximum atomic E-state index is 12.5. The third kappa shape index (κ3) is 5.77. The van der Waals surface area contributed by atoms with E-state index in [0.29, 0.717) is 0 Å². The largest absolute Gasteiger partial charge is 0.469 e. The number of carbonyl (C=O) groups is 3. The van der Waals surface area contributed by atoms with Crippen LogP contribution < -0.4 is 5.32 Å². The Balaban J connectivity index is 2.91. The van der Waals surface area contributed by atoms with Gasteiger partial charge in [0.2, 0.25) is 0 Å². The van der Waals surface area contributed by atoms with Crippen LogP contribution in [0.3, 0.4) is 0 Å². The quantitative estimate of drug-likeness (QED) is 0.786. The summed E-state index contributed by atoms with van der Waals surface area (Å²) in [5.41, 5.74) is -0.959. The molecule has 1 amide bonds. The summed E-state index contributed by atoms with van der Waals surface area (Å²) in [6.45, 7) is 1.53. The molecule has 0 heterocycles. The number of benzene rings is 1. The molecule has 9 heteroatoms. The molecular weight excluding hydrogens is 343 g/mol. The molecule has 0 aliphatic heterocycles. The second-order valence-electron chi connectivity index (χ2n) is 5.31. The van der Waals surface area contributed by atoms with Crippen LogP contribution >= 0.6 is 0 Å². The lowest BCUT2D eigenvalue weighted by Gasteiger charge is -2.22. The second kappa shape index (κ2) is 8.50. The van der Waals surface area contributed by atoms with E-state index in [0.717, 1.165) is 31.4 Å². The van der Waals surface area contributed by atoms with Crippen LogP contribution in [0.4, 0.5) is 13.2 Å². The number of amides is 1. The van der Waals surface area contributed by atoms with E-state index in [2.05, 4.69) is 14.8 Å². The Morgan fingerprint density at radius 2 is 1.64 bits per heavy atom. The highest BCUT2D eigenvalue weighted by Crippen LogP contribution is 2.29. The minimum Gasteiger partial charge on any atom is -0.469 e. The van der Waals surface area contributed by atoms with Gasteiger partial charge in [0.05, 0.1) is 26.2 Å². The topological polar surface area (TPSA) is 81.7 Å². The highest BCUT2D eigenvalue weighted by Gasteiger charge is 2.32. The van der Waals surface area contributed by atoms with Gasteiger partial charge >= 0.3 is 18.1 Å². The van der Waals surface area contributed by atoms with Crippen LogP contribution in [0, 0.1) is 5.92 Å². The van der Waals surface area contributed by atoms with Crippen LogP contribution in [0.15, 0.2) is 24.3 Å². The van der Waals surface area contributed by atoms with E-state index in [-0.39, 0.29) is 12.0 Å². The van der Waals surface area contributed by atoms with Crippen LogP contribution in [-0.4, -0.2) is 38.1 Å². The number of methoxy groups -OCH3 is 2. The Kier molecular flexibility index (Phi) is 6.96. The first-order valence-corrected chi connectivity index (χ1v) is 7.23. The van der Waals surface area contributed by atoms with Crippen molar-refractivity contribution >= 4 is 17.8 Å². The van der Waals surface area contributed by atoms with E-state index in [4.69, 9.17) is 0 Å². The van der Waals surface area contributed by atoms with Gasteiger partial charge in [0.15, 0.2) is 0 Å². The van der Waals surface area contributed by atoms with Crippen molar-refractivity contribution in [1.29, 1.82) is 0 Å². The van der Waals surface area contributed by atoms with Crippen molar-refractivity contribution in [1.82, 2.24) is 5.32 Å². The van der Waals surface area contributed by atoms with Gasteiger partial charge in [-0.05, 0) is 30.2 Å². The third-order valence-corrected chi connectivity index (χ3v) is 3.50. The summed E-state index contributed by atoms with van der Waals surface area (Å²) >= 11 is 0. The predicted octanol–water partition coefficient (Wildman–Crippen LogP) is 2.18. The standard InChI is InChI=1S/C16H18F3NO5/c1-9(8-12(21)24-2)13(15(23)25-3)20-14(22)10-4-6-11(7-5-10)16(17,18)19/h4-7,9,13H,8H2,1-3H3,(H,20,22)/t9-,13-/m0/s1. The lowest BCUT2D eigenvalue weighted by Crippen LogP contribution is -2.46. The highest BCUT2D eigenvalue weighted by molar-refractivity contribution is 5.97. The number of nitrogens with one attached hydrogen (secondary N) is 1. The van der Waals surface area contributed by atoms with Gasteiger partial charge < -0.3 is 14.8 Å². The van der Waals surface area contributed by atoms with Crippen molar-refractivity contribution in [3.05, 3.63) is 35.4 Å². The number of esters is 2. The molecule has 0 bridgehead atoms. The van der Waals surface area contributed by atoms with Gasteiger partial charge in [0.1, 0.15) is 6.04 Å². The average molecular weight is 361 g/mol. The summed E-state index contributed by atoms with van der Waals surface area (Å²) in [5, 5.41) is 2.37. The molecule has 0 aliphatic rings. The summed E-state index contributed by atoms with van der Waals surface area (Å²) in [6, 6.07) is 2.37. The van der Waals surface area contributed by atoms with Crippen LogP contribution in [0.5, 0.6) is 0 Å². The van der Waals surface area contributed by atoms with E-state index in [1.165, 1.54) is 14.0 Å². The Morgan fingerprint density at radius 1 is 1.08 bits per heavy atom. The fourth-order valence-corrected chi connectivity index (χ4v) is 2.06. The molecule has 1 aromatic rings. The maximum Gasteiger partial charge on any atom is 0.416 e. The van der Waals surface area contributed by atoms with E-state index in [9.17, 15) is 27.6 Å². The minimum atomic E-state index is -4.52. The van der Waals surface area contributed by atoms with E-state index < -0.39 is 41.5 Å². The summed E-state index contributed by atoms with van der Waals surface area (Å²) < 4.78 is 46.7. The summed E-state index contributed by atoms with van der Waals surface area (Å²) in [7, 11) is 2.30. The number of rotatable bonds is 6. The molecule has 0 spiro atoms. The molecule has 1 aromatic carbocycles. The summed E-state index contributed by atoms with van der Waals surface area (Å²) in [5.74, 6) is -2.76. The van der Waals surface area contributed by atoms with Gasteiger partial charge in [-0.1, -0.05) is 6.92 Å². The van der Waals surface area contributed by atoms with Crippen LogP contribution in [0.25, 0.3) is 0 Å². The SMILES string of the molecule is COC(=O)C[C@H](C)[C@H](NC(=O)c1ccc(C(F)(F)F)cc1)C(=O)OC. The lowest BCUT2D eigenvalue weighted by atomic mass is 9.97. The number of hydrogen-bond acceptors (Lipinski definition) is 5. The number of ether oxygens (including phenoxy) is 2. The molecule has 0 unspecified atom stereocenters. The van der Waals surface area contributed by atoms with Crippen LogP contribution in [0.1, 0.15) is 29.3 Å². The zero-order chi connectivity index (χ0) is 19.2. The Morgan fingerprint density at radius 3 is 2.08 bits per heavy atom. The highest BCUT2D eigenvalue weighted by atomic mass is 19.4. The second-order valence-corrected chi connectivity index (χ2v) is 5.31. The van der Waals surface area contributed by atoms with Gasteiger partial charge in [0.25, 0.3) is 5.91 Å². The minimum absolute atomic E-state index is 0.0628. The Labute approximate surface area is 142 Å². The summed E-state index contributed by atoms with van der Waals surface area (Å²) in [4.78, 5) is 35.3. The normalized spacial score (nSPS) is 13.5. The zero-order valence-electron chi connectivity index (χ0n) is 13.8. The van der Waals surface area contributed by atoms with Crippen molar-refractivity contribution in [2.45, 2.75) is 25.6 Å². The van der Waals surface area contributed by atoms with Crippen molar-refractivity contribution in [3.63, 3.8) is 0 Å². The first-order valence-electron chi connectivity index (χ1n) is 7.23. The molecule has 0 saturated carbocycles. The number of halogens is 3. The van der Waals surface area contributed by atoms with E-state index in [1.807, 2.05) is 0 Å². The number of alkyl halides is 3. The third-order valence-electron chi connectivity index (χ3n) is 3.50. The summed E-state index contributed by atoms with van der Waals surface area (Å²) in [6.07, 6.45) is -4.66. The molecule has 0 radical (unpaired) electrons. The first-order chi connectivity index (χ1) is 11.6. The molecule has 0 saturated heterocycles. The van der Waals surface area contributed by atoms with Crippen LogP contribution in [0.2, 0.25) is 0 Å². The van der Waals surface area contributed by atoms with Crippen molar-refractivity contribution < 1.29 is 37.0 Å². The Bertz CT molecular complexity index is 628. The zero-order valence-corrected chi connectivity index (χ0v) is 13.8. The molecule has 6 nitrogen and oxygen atoms in total. The molecule has 2 atom stereocenters. The monoisotopic (exact) mass is 361 g/mol. The van der Waals surface area contributed by atoms with Crippen molar-refractivity contribution in [2.75, 3.05) is 14.2 Å². The molecule has 1 N–H and O–H groups in total. The van der Waals surface area contributed by atoms with Gasteiger partial charge in [0, 0.05) is 5.56 Å². The van der Waals surface area contributed by atoms with Gasteiger partial charge in [-0.3, -0.25) is 9.59 Å². The number of hydrogen-bond donors (Lipinski definition) is 1. The van der Waals surface area contributed by atoms with E-state index in [1.54, 1.807) is 0 Å². The lowest BCUT2D eigenvalue weighted by molar-refractivity contribution is -0.146. The van der Waals surface area contributed by atoms with Crippen molar-refractivity contribution in [3.8, 4) is 0 Å². The molecule has 0 fully saturated rings. The van der Waals surface area contributed by atoms with E-state index >= 15 is 0 Å². The fourth-order valence-electron chi connectivity index (χ4n) is 2.06. The molecule has 0 aliphatic carbocycles. The molecule has 138 valence electrons. The molecule has 0 aromatic heterocycles. The predicted molar refractivity (Wildman–Crippen MR) is 80.5 cm³/mol. The molecule has 25 heavy (non-hydrogen) atoms. The van der Waals surface area contributed by atoms with Crippen LogP contribution in [-0.2, 0) is 25.2 Å². The van der Waals surface area contributed by atoms with Gasteiger partial charge in [-0.25, -0.2) is 4.79 Å². The first kappa shape index (κ1) is 20.5. The fraction of sp³-hybridized carbons (Fsp3) is 0.438. The smallest absolute Gasteiger partial charge is 0.416 e. The van der Waals surface area contributed by atoms with Crippen molar-refractivity contribution in [2.24, 2.45) is 5.92 Å². The van der Waals surface area contributed by atoms with Gasteiger partial charge in [-0.15, -0.1) is 0 Å². The molecular formula is C16H18F3NO5. The average Bonchev–Trinajstić information content (AvgIpc) is 2.57. The molecule has 1 rings (SSSR count). The van der Waals surface area contributed by atoms with Gasteiger partial charge in [-0.2, -0.15) is 13.2 Å². The maximum absolute atomic E-state index is 12.5. The number of carbonyl (C=O) groups excluding carboxylic acids is 3. The Hall–Kier alpha value is -2.58.